The molecule has 0 radical (unpaired) electrons. The highest BCUT2D eigenvalue weighted by molar-refractivity contribution is 9.10. The van der Waals surface area contributed by atoms with Crippen LogP contribution in [0, 0.1) is 0 Å². The monoisotopic (exact) mass is 297 g/mol. The summed E-state index contributed by atoms with van der Waals surface area (Å²) in [7, 11) is 1.72. The van der Waals surface area contributed by atoms with E-state index in [1.54, 1.807) is 7.11 Å². The van der Waals surface area contributed by atoms with Gasteiger partial charge in [0.1, 0.15) is 0 Å². The summed E-state index contributed by atoms with van der Waals surface area (Å²) in [4.78, 5) is 13.1. The molecule has 3 nitrogen and oxygen atoms in total. The Labute approximate surface area is 110 Å². The van der Waals surface area contributed by atoms with Gasteiger partial charge in [0, 0.05) is 35.4 Å². The van der Waals surface area contributed by atoms with Gasteiger partial charge in [0.2, 0.25) is 0 Å². The Kier molecular flexibility index (Phi) is 4.18. The van der Waals surface area contributed by atoms with Crippen LogP contribution in [0.25, 0.3) is 0 Å². The van der Waals surface area contributed by atoms with E-state index in [0.717, 1.165) is 29.6 Å². The molecule has 1 aliphatic rings. The summed E-state index contributed by atoms with van der Waals surface area (Å²) in [5.74, 6) is 0. The van der Waals surface area contributed by atoms with Crippen LogP contribution >= 0.6 is 15.9 Å². The molecule has 0 atom stereocenters. The molecule has 1 aliphatic carbocycles. The van der Waals surface area contributed by atoms with Gasteiger partial charge in [-0.05, 0) is 47.0 Å². The molecule has 0 unspecified atom stereocenters. The molecule has 0 aliphatic heterocycles. The van der Waals surface area contributed by atoms with Crippen LogP contribution in [-0.4, -0.2) is 32.6 Å². The number of benzene rings is 1. The number of ether oxygens (including phenoxy) is 1. The fourth-order valence-corrected chi connectivity index (χ4v) is 2.35. The highest BCUT2D eigenvalue weighted by atomic mass is 79.9. The molecule has 1 aromatic carbocycles. The van der Waals surface area contributed by atoms with Crippen LogP contribution in [0.3, 0.4) is 0 Å². The molecule has 2 rings (SSSR count). The minimum Gasteiger partial charge on any atom is -0.383 e. The summed E-state index contributed by atoms with van der Waals surface area (Å²) in [6, 6.07) is 6.51. The van der Waals surface area contributed by atoms with E-state index in [1.807, 2.05) is 18.2 Å². The van der Waals surface area contributed by atoms with Gasteiger partial charge in [-0.15, -0.1) is 0 Å². The number of halogens is 1. The molecule has 0 heterocycles. The van der Waals surface area contributed by atoms with Crippen molar-refractivity contribution in [3.05, 3.63) is 28.2 Å². The highest BCUT2D eigenvalue weighted by Crippen LogP contribution is 2.33. The predicted octanol–water partition coefficient (Wildman–Crippen LogP) is 2.88. The number of carbonyl (C=O) groups excluding carboxylic acids is 1. The third-order valence-corrected chi connectivity index (χ3v) is 3.65. The quantitative estimate of drug-likeness (QED) is 0.756. The second-order valence-electron chi connectivity index (χ2n) is 4.24. The van der Waals surface area contributed by atoms with Crippen molar-refractivity contribution in [2.75, 3.05) is 25.2 Å². The molecule has 0 aromatic heterocycles. The number of rotatable bonds is 6. The third kappa shape index (κ3) is 3.07. The fraction of sp³-hybridized carbons (Fsp3) is 0.462. The van der Waals surface area contributed by atoms with Crippen molar-refractivity contribution >= 4 is 27.9 Å². The first kappa shape index (κ1) is 12.6. The van der Waals surface area contributed by atoms with Gasteiger partial charge in [-0.1, -0.05) is 0 Å². The van der Waals surface area contributed by atoms with Gasteiger partial charge in [0.05, 0.1) is 6.61 Å². The maximum absolute atomic E-state index is 10.8. The van der Waals surface area contributed by atoms with E-state index in [1.165, 1.54) is 12.8 Å². The zero-order valence-electron chi connectivity index (χ0n) is 9.86. The molecule has 0 spiro atoms. The lowest BCUT2D eigenvalue weighted by atomic mass is 10.2. The van der Waals surface area contributed by atoms with Gasteiger partial charge in [-0.25, -0.2) is 0 Å². The summed E-state index contributed by atoms with van der Waals surface area (Å²) in [6.45, 7) is 1.62. The summed E-state index contributed by atoms with van der Waals surface area (Å²) in [5.41, 5.74) is 1.85. The molecule has 1 aromatic rings. The first-order valence-electron chi connectivity index (χ1n) is 5.76. The summed E-state index contributed by atoms with van der Waals surface area (Å²) >= 11 is 3.42. The smallest absolute Gasteiger partial charge is 0.151 e. The minimum atomic E-state index is 0.638. The number of aldehydes is 1. The second-order valence-corrected chi connectivity index (χ2v) is 5.10. The molecule has 1 fully saturated rings. The minimum absolute atomic E-state index is 0.638. The topological polar surface area (TPSA) is 29.5 Å². The molecule has 0 saturated heterocycles. The number of anilines is 1. The zero-order chi connectivity index (χ0) is 12.3. The van der Waals surface area contributed by atoms with Crippen molar-refractivity contribution in [2.24, 2.45) is 0 Å². The summed E-state index contributed by atoms with van der Waals surface area (Å²) in [6.07, 6.45) is 3.36. The van der Waals surface area contributed by atoms with Crippen LogP contribution in [0.2, 0.25) is 0 Å². The Hall–Kier alpha value is -0.870. The first-order valence-corrected chi connectivity index (χ1v) is 6.56. The van der Waals surface area contributed by atoms with Crippen molar-refractivity contribution in [2.45, 2.75) is 18.9 Å². The van der Waals surface area contributed by atoms with Gasteiger partial charge in [0.15, 0.2) is 6.29 Å². The van der Waals surface area contributed by atoms with Crippen molar-refractivity contribution in [3.63, 3.8) is 0 Å². The largest absolute Gasteiger partial charge is 0.383 e. The molecule has 17 heavy (non-hydrogen) atoms. The van der Waals surface area contributed by atoms with Crippen molar-refractivity contribution < 1.29 is 9.53 Å². The Morgan fingerprint density at radius 2 is 2.29 bits per heavy atom. The maximum Gasteiger partial charge on any atom is 0.151 e. The number of carbonyl (C=O) groups is 1. The van der Waals surface area contributed by atoms with Crippen molar-refractivity contribution in [3.8, 4) is 0 Å². The Balaban J connectivity index is 2.17. The van der Waals surface area contributed by atoms with Gasteiger partial charge < -0.3 is 9.64 Å². The molecule has 0 amide bonds. The Morgan fingerprint density at radius 1 is 1.53 bits per heavy atom. The molecule has 92 valence electrons. The van der Waals surface area contributed by atoms with Crippen LogP contribution in [0.15, 0.2) is 22.7 Å². The SMILES string of the molecule is COCCN(c1ccc(C=O)c(Br)c1)C1CC1. The second kappa shape index (κ2) is 5.65. The lowest BCUT2D eigenvalue weighted by molar-refractivity contribution is 0.112. The first-order chi connectivity index (χ1) is 8.26. The van der Waals surface area contributed by atoms with Crippen LogP contribution in [0.5, 0.6) is 0 Å². The van der Waals surface area contributed by atoms with E-state index < -0.39 is 0 Å². The van der Waals surface area contributed by atoms with Crippen LogP contribution in [-0.2, 0) is 4.74 Å². The van der Waals surface area contributed by atoms with Crippen molar-refractivity contribution in [1.82, 2.24) is 0 Å². The molecule has 0 N–H and O–H groups in total. The van der Waals surface area contributed by atoms with Gasteiger partial charge in [0.25, 0.3) is 0 Å². The number of hydrogen-bond acceptors (Lipinski definition) is 3. The van der Waals surface area contributed by atoms with E-state index >= 15 is 0 Å². The van der Waals surface area contributed by atoms with Crippen LogP contribution in [0.1, 0.15) is 23.2 Å². The average molecular weight is 298 g/mol. The van der Waals surface area contributed by atoms with E-state index in [9.17, 15) is 4.79 Å². The van der Waals surface area contributed by atoms with Gasteiger partial charge >= 0.3 is 0 Å². The molecule has 0 bridgehead atoms. The number of nitrogens with zero attached hydrogens (tertiary/aromatic N) is 1. The maximum atomic E-state index is 10.8. The van der Waals surface area contributed by atoms with Crippen LogP contribution < -0.4 is 4.90 Å². The van der Waals surface area contributed by atoms with Crippen LogP contribution in [0.4, 0.5) is 5.69 Å². The predicted molar refractivity (Wildman–Crippen MR) is 71.8 cm³/mol. The summed E-state index contributed by atoms with van der Waals surface area (Å²) in [5, 5.41) is 0. The standard InChI is InChI=1S/C13H16BrNO2/c1-17-7-6-15(11-4-5-11)12-3-2-10(9-16)13(14)8-12/h2-3,8-9,11H,4-7H2,1H3. The normalized spacial score (nSPS) is 14.7. The Bertz CT molecular complexity index is 404. The average Bonchev–Trinajstić information content (AvgIpc) is 3.14. The zero-order valence-corrected chi connectivity index (χ0v) is 11.4. The lowest BCUT2D eigenvalue weighted by Gasteiger charge is -2.24. The number of methoxy groups -OCH3 is 1. The Morgan fingerprint density at radius 3 is 2.82 bits per heavy atom. The van der Waals surface area contributed by atoms with E-state index in [0.29, 0.717) is 11.6 Å². The van der Waals surface area contributed by atoms with E-state index in [2.05, 4.69) is 20.8 Å². The number of hydrogen-bond donors (Lipinski definition) is 0. The third-order valence-electron chi connectivity index (χ3n) is 2.97. The highest BCUT2D eigenvalue weighted by Gasteiger charge is 2.29. The van der Waals surface area contributed by atoms with Crippen molar-refractivity contribution in [1.29, 1.82) is 0 Å². The summed E-state index contributed by atoms with van der Waals surface area (Å²) < 4.78 is 5.99. The van der Waals surface area contributed by atoms with Gasteiger partial charge in [-0.2, -0.15) is 0 Å². The molecular formula is C13H16BrNO2. The van der Waals surface area contributed by atoms with Gasteiger partial charge in [-0.3, -0.25) is 4.79 Å². The molecule has 1 saturated carbocycles. The molecule has 4 heteroatoms. The molecular weight excluding hydrogens is 282 g/mol. The lowest BCUT2D eigenvalue weighted by Crippen LogP contribution is -2.29. The fourth-order valence-electron chi connectivity index (χ4n) is 1.89. The van der Waals surface area contributed by atoms with E-state index in [-0.39, 0.29) is 0 Å². The van der Waals surface area contributed by atoms with E-state index in [4.69, 9.17) is 4.74 Å².